The Kier molecular flexibility index (Phi) is 6.57. The predicted molar refractivity (Wildman–Crippen MR) is 116 cm³/mol. The van der Waals surface area contributed by atoms with E-state index in [1.807, 2.05) is 13.0 Å². The molecule has 0 aliphatic carbocycles. The molecule has 1 N–H and O–H groups in total. The highest BCUT2D eigenvalue weighted by molar-refractivity contribution is 7.16. The molecule has 0 aliphatic rings. The molecular weight excluding hydrogens is 402 g/mol. The summed E-state index contributed by atoms with van der Waals surface area (Å²) in [4.78, 5) is 24.6. The smallest absolute Gasteiger partial charge is 0.270 e. The lowest BCUT2D eigenvalue weighted by atomic mass is 10.1. The summed E-state index contributed by atoms with van der Waals surface area (Å²) in [7, 11) is 0. The van der Waals surface area contributed by atoms with Gasteiger partial charge in [-0.1, -0.05) is 24.3 Å². The number of para-hydroxylation sites is 2. The van der Waals surface area contributed by atoms with Crippen molar-refractivity contribution in [2.24, 2.45) is 0 Å². The van der Waals surface area contributed by atoms with E-state index in [1.165, 1.54) is 29.5 Å². The van der Waals surface area contributed by atoms with Gasteiger partial charge in [0.2, 0.25) is 0 Å². The summed E-state index contributed by atoms with van der Waals surface area (Å²) in [5.41, 5.74) is 1.12. The van der Waals surface area contributed by atoms with Crippen molar-refractivity contribution < 1.29 is 14.5 Å². The van der Waals surface area contributed by atoms with E-state index in [2.05, 4.69) is 5.32 Å². The molecule has 0 saturated heterocycles. The van der Waals surface area contributed by atoms with Gasteiger partial charge in [0.15, 0.2) is 0 Å². The van der Waals surface area contributed by atoms with Crippen LogP contribution in [0.5, 0.6) is 5.75 Å². The number of rotatable bonds is 7. The molecule has 3 rings (SSSR count). The fourth-order valence-electron chi connectivity index (χ4n) is 2.69. The minimum atomic E-state index is -0.546. The van der Waals surface area contributed by atoms with Crippen LogP contribution in [0.1, 0.15) is 11.8 Å². The monoisotopic (exact) mass is 419 g/mol. The second-order valence-corrected chi connectivity index (χ2v) is 7.18. The fourth-order valence-corrected chi connectivity index (χ4v) is 3.64. The van der Waals surface area contributed by atoms with Crippen LogP contribution in [0, 0.1) is 21.4 Å². The van der Waals surface area contributed by atoms with Crippen molar-refractivity contribution in [3.8, 4) is 22.3 Å². The van der Waals surface area contributed by atoms with E-state index in [0.717, 1.165) is 4.88 Å². The number of nitro groups is 1. The highest BCUT2D eigenvalue weighted by atomic mass is 32.1. The third-order valence-electron chi connectivity index (χ3n) is 4.06. The fraction of sp³-hybridized carbons (Fsp3) is 0.0909. The number of carbonyl (C=O) groups excluding carboxylic acids is 1. The molecule has 0 aliphatic heterocycles. The zero-order valence-corrected chi connectivity index (χ0v) is 16.8. The number of thiophene rings is 1. The van der Waals surface area contributed by atoms with E-state index in [4.69, 9.17) is 4.74 Å². The first-order chi connectivity index (χ1) is 14.5. The van der Waals surface area contributed by atoms with Gasteiger partial charge in [0.1, 0.15) is 17.4 Å². The Balaban J connectivity index is 1.82. The van der Waals surface area contributed by atoms with E-state index in [-0.39, 0.29) is 11.3 Å². The number of hydrogen-bond donors (Lipinski definition) is 1. The van der Waals surface area contributed by atoms with Gasteiger partial charge in [-0.2, -0.15) is 5.26 Å². The van der Waals surface area contributed by atoms with Crippen molar-refractivity contribution in [3.05, 3.63) is 81.2 Å². The van der Waals surface area contributed by atoms with Crippen LogP contribution in [0.3, 0.4) is 0 Å². The highest BCUT2D eigenvalue weighted by Gasteiger charge is 2.14. The van der Waals surface area contributed by atoms with E-state index in [0.29, 0.717) is 28.5 Å². The second kappa shape index (κ2) is 9.49. The van der Waals surface area contributed by atoms with Crippen LogP contribution < -0.4 is 10.1 Å². The molecular formula is C22H17N3O4S. The summed E-state index contributed by atoms with van der Waals surface area (Å²) in [6, 6.07) is 18.8. The van der Waals surface area contributed by atoms with Crippen molar-refractivity contribution in [3.63, 3.8) is 0 Å². The van der Waals surface area contributed by atoms with Crippen LogP contribution in [0.4, 0.5) is 11.4 Å². The average Bonchev–Trinajstić information content (AvgIpc) is 3.22. The Labute approximate surface area is 177 Å². The van der Waals surface area contributed by atoms with Gasteiger partial charge in [0, 0.05) is 21.9 Å². The first-order valence-corrected chi connectivity index (χ1v) is 9.83. The molecule has 8 heteroatoms. The molecule has 1 aromatic heterocycles. The van der Waals surface area contributed by atoms with Crippen molar-refractivity contribution in [2.75, 3.05) is 11.9 Å². The number of anilines is 1. The molecule has 3 aromatic rings. The standard InChI is InChI=1S/C22H17N3O4S/c1-2-29-20-9-4-3-8-19(20)24-22(26)16(14-23)13-18-10-11-21(30-18)15-6-5-7-17(12-15)25(27)28/h3-13H,2H2,1H3,(H,24,26)/b16-13+. The number of amides is 1. The summed E-state index contributed by atoms with van der Waals surface area (Å²) in [5, 5.41) is 23.1. The Hall–Kier alpha value is -3.96. The van der Waals surface area contributed by atoms with Gasteiger partial charge in [0.25, 0.3) is 11.6 Å². The molecule has 0 atom stereocenters. The Morgan fingerprint density at radius 1 is 1.23 bits per heavy atom. The zero-order valence-electron chi connectivity index (χ0n) is 16.0. The lowest BCUT2D eigenvalue weighted by Crippen LogP contribution is -2.14. The van der Waals surface area contributed by atoms with E-state index in [1.54, 1.807) is 48.5 Å². The molecule has 30 heavy (non-hydrogen) atoms. The molecule has 0 fully saturated rings. The molecule has 7 nitrogen and oxygen atoms in total. The minimum Gasteiger partial charge on any atom is -0.492 e. The number of ether oxygens (including phenoxy) is 1. The maximum absolute atomic E-state index is 12.6. The molecule has 0 spiro atoms. The molecule has 1 amide bonds. The minimum absolute atomic E-state index is 0.00282. The van der Waals surface area contributed by atoms with Gasteiger partial charge in [-0.25, -0.2) is 0 Å². The number of nitrogens with zero attached hydrogens (tertiary/aromatic N) is 2. The van der Waals surface area contributed by atoms with Crippen LogP contribution in [-0.2, 0) is 4.79 Å². The summed E-state index contributed by atoms with van der Waals surface area (Å²) < 4.78 is 5.49. The SMILES string of the molecule is CCOc1ccccc1NC(=O)/C(C#N)=C/c1ccc(-c2cccc([N+](=O)[O-])c2)s1. The maximum atomic E-state index is 12.6. The molecule has 0 unspecified atom stereocenters. The van der Waals surface area contributed by atoms with E-state index >= 15 is 0 Å². The summed E-state index contributed by atoms with van der Waals surface area (Å²) in [6.45, 7) is 2.29. The molecule has 0 radical (unpaired) electrons. The van der Waals surface area contributed by atoms with Gasteiger partial charge in [-0.05, 0) is 42.8 Å². The Morgan fingerprint density at radius 2 is 2.03 bits per heavy atom. The predicted octanol–water partition coefficient (Wildman–Crippen LogP) is 5.27. The number of benzene rings is 2. The van der Waals surface area contributed by atoms with Crippen molar-refractivity contribution >= 4 is 34.7 Å². The lowest BCUT2D eigenvalue weighted by Gasteiger charge is -2.10. The largest absolute Gasteiger partial charge is 0.492 e. The number of carbonyl (C=O) groups is 1. The summed E-state index contributed by atoms with van der Waals surface area (Å²) in [6.07, 6.45) is 1.49. The molecule has 1 heterocycles. The first kappa shape index (κ1) is 20.8. The number of nitrogens with one attached hydrogen (secondary N) is 1. The van der Waals surface area contributed by atoms with Gasteiger partial charge in [-0.3, -0.25) is 14.9 Å². The summed E-state index contributed by atoms with van der Waals surface area (Å²) >= 11 is 1.33. The van der Waals surface area contributed by atoms with Crippen molar-refractivity contribution in [1.82, 2.24) is 0 Å². The third kappa shape index (κ3) is 4.90. The van der Waals surface area contributed by atoms with Crippen molar-refractivity contribution in [1.29, 1.82) is 5.26 Å². The number of nitro benzene ring substituents is 1. The average molecular weight is 419 g/mol. The third-order valence-corrected chi connectivity index (χ3v) is 5.14. The van der Waals surface area contributed by atoms with Gasteiger partial charge in [0.05, 0.1) is 17.2 Å². The van der Waals surface area contributed by atoms with Gasteiger partial charge in [-0.15, -0.1) is 11.3 Å². The number of hydrogen-bond acceptors (Lipinski definition) is 6. The zero-order chi connectivity index (χ0) is 21.5. The topological polar surface area (TPSA) is 105 Å². The van der Waals surface area contributed by atoms with Crippen LogP contribution in [-0.4, -0.2) is 17.4 Å². The molecule has 150 valence electrons. The quantitative estimate of drug-likeness (QED) is 0.243. The van der Waals surface area contributed by atoms with Crippen LogP contribution in [0.2, 0.25) is 0 Å². The van der Waals surface area contributed by atoms with E-state index in [9.17, 15) is 20.2 Å². The van der Waals surface area contributed by atoms with Crippen molar-refractivity contribution in [2.45, 2.75) is 6.92 Å². The number of non-ortho nitro benzene ring substituents is 1. The molecule has 0 saturated carbocycles. The Morgan fingerprint density at radius 3 is 2.77 bits per heavy atom. The summed E-state index contributed by atoms with van der Waals surface area (Å²) in [5.74, 6) is -0.0235. The molecule has 0 bridgehead atoms. The first-order valence-electron chi connectivity index (χ1n) is 9.01. The normalized spacial score (nSPS) is 10.9. The number of nitriles is 1. The van der Waals surface area contributed by atoms with Crippen LogP contribution in [0.15, 0.2) is 66.2 Å². The Bertz CT molecular complexity index is 1160. The lowest BCUT2D eigenvalue weighted by molar-refractivity contribution is -0.384. The van der Waals surface area contributed by atoms with Crippen LogP contribution >= 0.6 is 11.3 Å². The van der Waals surface area contributed by atoms with E-state index < -0.39 is 10.8 Å². The van der Waals surface area contributed by atoms with Gasteiger partial charge < -0.3 is 10.1 Å². The second-order valence-electron chi connectivity index (χ2n) is 6.06. The molecule has 2 aromatic carbocycles. The maximum Gasteiger partial charge on any atom is 0.270 e. The van der Waals surface area contributed by atoms with Gasteiger partial charge >= 0.3 is 0 Å². The highest BCUT2D eigenvalue weighted by Crippen LogP contribution is 2.31. The van der Waals surface area contributed by atoms with Crippen LogP contribution in [0.25, 0.3) is 16.5 Å².